The summed E-state index contributed by atoms with van der Waals surface area (Å²) in [6.45, 7) is 12.4. The van der Waals surface area contributed by atoms with E-state index in [2.05, 4.69) is 33.8 Å². The Morgan fingerprint density at radius 3 is 2.26 bits per heavy atom. The van der Waals surface area contributed by atoms with Gasteiger partial charge < -0.3 is 20.1 Å². The number of aromatic nitrogens is 2. The Morgan fingerprint density at radius 2 is 1.60 bits per heavy atom. The molecule has 0 saturated carbocycles. The minimum Gasteiger partial charge on any atom is -0.444 e. The molecule has 3 aromatic carbocycles. The van der Waals surface area contributed by atoms with Gasteiger partial charge in [-0.25, -0.2) is 22.9 Å². The van der Waals surface area contributed by atoms with Crippen molar-refractivity contribution in [2.24, 2.45) is 0 Å². The van der Waals surface area contributed by atoms with Gasteiger partial charge in [0.05, 0.1) is 22.7 Å². The minimum absolute atomic E-state index is 0.0308. The van der Waals surface area contributed by atoms with Crippen molar-refractivity contribution in [1.29, 1.82) is 0 Å². The molecular weight excluding hydrogens is 659 g/mol. The molecule has 13 heteroatoms. The van der Waals surface area contributed by atoms with Gasteiger partial charge in [-0.05, 0) is 69.5 Å². The van der Waals surface area contributed by atoms with Crippen LogP contribution in [0.25, 0.3) is 17.5 Å². The summed E-state index contributed by atoms with van der Waals surface area (Å²) in [5.74, 6) is -0.821. The van der Waals surface area contributed by atoms with Gasteiger partial charge in [-0.1, -0.05) is 67.3 Å². The molecule has 0 aliphatic carbocycles. The summed E-state index contributed by atoms with van der Waals surface area (Å²) >= 11 is 0. The number of carbonyl (C=O) groups excluding carboxylic acids is 3. The van der Waals surface area contributed by atoms with Crippen LogP contribution in [0.5, 0.6) is 11.6 Å². The fourth-order valence-corrected chi connectivity index (χ4v) is 5.59. The third-order valence-electron chi connectivity index (χ3n) is 6.82. The first kappa shape index (κ1) is 37.0. The highest BCUT2D eigenvalue weighted by Gasteiger charge is 2.28. The molecule has 0 aliphatic heterocycles. The SMILES string of the molecule is C=CCCCS(=O)(=O)NC(=O)c1ccccc1NC(=O)[C@@H](NC(=O)OC(C)(C)C)c1ccc(Oc2cc(C=C)nc(-c3ccccc3)n2)cc1. The lowest BCUT2D eigenvalue weighted by Gasteiger charge is -2.24. The Labute approximate surface area is 291 Å². The van der Waals surface area contributed by atoms with Crippen LogP contribution in [-0.2, 0) is 19.6 Å². The van der Waals surface area contributed by atoms with Crippen molar-refractivity contribution in [1.82, 2.24) is 20.0 Å². The molecule has 50 heavy (non-hydrogen) atoms. The molecule has 4 aromatic rings. The molecular formula is C37H39N5O7S. The topological polar surface area (TPSA) is 166 Å². The maximum atomic E-state index is 13.8. The van der Waals surface area contributed by atoms with E-state index in [1.54, 1.807) is 69.3 Å². The van der Waals surface area contributed by atoms with Gasteiger partial charge in [-0.15, -0.1) is 6.58 Å². The number of allylic oxidation sites excluding steroid dienone is 1. The summed E-state index contributed by atoms with van der Waals surface area (Å²) in [4.78, 5) is 48.7. The van der Waals surface area contributed by atoms with Gasteiger partial charge in [0.15, 0.2) is 5.82 Å². The van der Waals surface area contributed by atoms with E-state index >= 15 is 0 Å². The van der Waals surface area contributed by atoms with Crippen molar-refractivity contribution in [3.8, 4) is 23.0 Å². The number of alkyl carbamates (subject to hydrolysis) is 1. The highest BCUT2D eigenvalue weighted by molar-refractivity contribution is 7.90. The molecule has 0 saturated heterocycles. The Bertz CT molecular complexity index is 1960. The molecule has 0 radical (unpaired) electrons. The van der Waals surface area contributed by atoms with E-state index in [0.717, 1.165) is 5.56 Å². The van der Waals surface area contributed by atoms with E-state index in [4.69, 9.17) is 9.47 Å². The molecule has 0 fully saturated rings. The molecule has 1 atom stereocenters. The van der Waals surface area contributed by atoms with Crippen molar-refractivity contribution >= 4 is 39.7 Å². The van der Waals surface area contributed by atoms with E-state index in [-0.39, 0.29) is 29.3 Å². The average molecular weight is 698 g/mol. The van der Waals surface area contributed by atoms with Crippen LogP contribution in [0.1, 0.15) is 61.3 Å². The normalized spacial score (nSPS) is 11.8. The number of ether oxygens (including phenoxy) is 2. The Balaban J connectivity index is 1.58. The van der Waals surface area contributed by atoms with Gasteiger partial charge in [0.2, 0.25) is 15.9 Å². The van der Waals surface area contributed by atoms with Crippen molar-refractivity contribution in [3.63, 3.8) is 0 Å². The van der Waals surface area contributed by atoms with Gasteiger partial charge in [0, 0.05) is 11.6 Å². The van der Waals surface area contributed by atoms with Crippen LogP contribution in [0.15, 0.2) is 104 Å². The maximum Gasteiger partial charge on any atom is 0.408 e. The molecule has 4 rings (SSSR count). The van der Waals surface area contributed by atoms with Gasteiger partial charge in [0.1, 0.15) is 17.4 Å². The quantitative estimate of drug-likeness (QED) is 0.0948. The lowest BCUT2D eigenvalue weighted by molar-refractivity contribution is -0.118. The van der Waals surface area contributed by atoms with E-state index in [1.165, 1.54) is 18.2 Å². The average Bonchev–Trinajstić information content (AvgIpc) is 3.07. The van der Waals surface area contributed by atoms with Crippen LogP contribution < -0.4 is 20.1 Å². The van der Waals surface area contributed by atoms with E-state index < -0.39 is 39.6 Å². The van der Waals surface area contributed by atoms with Crippen molar-refractivity contribution in [3.05, 3.63) is 121 Å². The zero-order valence-corrected chi connectivity index (χ0v) is 28.8. The first-order valence-corrected chi connectivity index (χ1v) is 17.3. The predicted molar refractivity (Wildman–Crippen MR) is 192 cm³/mol. The van der Waals surface area contributed by atoms with Gasteiger partial charge in [-0.2, -0.15) is 4.98 Å². The summed E-state index contributed by atoms with van der Waals surface area (Å²) in [7, 11) is -3.94. The summed E-state index contributed by atoms with van der Waals surface area (Å²) in [6.07, 6.45) is 3.06. The Kier molecular flexibility index (Phi) is 12.2. The van der Waals surface area contributed by atoms with Crippen LogP contribution in [0.4, 0.5) is 10.5 Å². The summed E-state index contributed by atoms with van der Waals surface area (Å²) in [5.41, 5.74) is 0.790. The van der Waals surface area contributed by atoms with Crippen molar-refractivity contribution in [2.45, 2.75) is 45.3 Å². The number of anilines is 1. The number of hydrogen-bond acceptors (Lipinski definition) is 9. The van der Waals surface area contributed by atoms with Gasteiger partial charge in [0.25, 0.3) is 11.8 Å². The van der Waals surface area contributed by atoms with Crippen LogP contribution in [0.3, 0.4) is 0 Å². The molecule has 260 valence electrons. The molecule has 3 N–H and O–H groups in total. The van der Waals surface area contributed by atoms with Crippen LogP contribution in [0, 0.1) is 0 Å². The number of benzene rings is 3. The third-order valence-corrected chi connectivity index (χ3v) is 8.14. The second-order valence-corrected chi connectivity index (χ2v) is 13.8. The second kappa shape index (κ2) is 16.5. The van der Waals surface area contributed by atoms with E-state index in [0.29, 0.717) is 29.3 Å². The monoisotopic (exact) mass is 697 g/mol. The van der Waals surface area contributed by atoms with Crippen LogP contribution in [-0.4, -0.2) is 47.6 Å². The number of carbonyl (C=O) groups is 3. The number of nitrogens with one attached hydrogen (secondary N) is 3. The maximum absolute atomic E-state index is 13.8. The number of nitrogens with zero attached hydrogens (tertiary/aromatic N) is 2. The molecule has 3 amide bonds. The molecule has 1 heterocycles. The summed E-state index contributed by atoms with van der Waals surface area (Å²) in [5, 5.41) is 5.23. The summed E-state index contributed by atoms with van der Waals surface area (Å²) < 4.78 is 38.4. The van der Waals surface area contributed by atoms with Crippen molar-refractivity contribution < 1.29 is 32.3 Å². The highest BCUT2D eigenvalue weighted by Crippen LogP contribution is 2.27. The lowest BCUT2D eigenvalue weighted by Crippen LogP contribution is -2.40. The highest BCUT2D eigenvalue weighted by atomic mass is 32.2. The number of rotatable bonds is 14. The van der Waals surface area contributed by atoms with E-state index in [9.17, 15) is 22.8 Å². The smallest absolute Gasteiger partial charge is 0.408 e. The fourth-order valence-electron chi connectivity index (χ4n) is 4.55. The van der Waals surface area contributed by atoms with Gasteiger partial charge in [-0.3, -0.25) is 9.59 Å². The van der Waals surface area contributed by atoms with E-state index in [1.807, 2.05) is 35.1 Å². The fraction of sp³-hybridized carbons (Fsp3) is 0.216. The minimum atomic E-state index is -3.94. The number of hydrogen-bond donors (Lipinski definition) is 3. The zero-order valence-electron chi connectivity index (χ0n) is 28.0. The molecule has 0 aliphatic rings. The second-order valence-electron chi connectivity index (χ2n) is 12.0. The first-order valence-electron chi connectivity index (χ1n) is 15.7. The number of sulfonamides is 1. The third kappa shape index (κ3) is 10.9. The number of para-hydroxylation sites is 1. The largest absolute Gasteiger partial charge is 0.444 e. The van der Waals surface area contributed by atoms with Crippen LogP contribution in [0.2, 0.25) is 0 Å². The molecule has 0 spiro atoms. The van der Waals surface area contributed by atoms with Gasteiger partial charge >= 0.3 is 6.09 Å². The Morgan fingerprint density at radius 1 is 0.920 bits per heavy atom. The molecule has 0 bridgehead atoms. The van der Waals surface area contributed by atoms with Crippen LogP contribution >= 0.6 is 0 Å². The molecule has 0 unspecified atom stereocenters. The molecule has 1 aromatic heterocycles. The predicted octanol–water partition coefficient (Wildman–Crippen LogP) is 6.81. The first-order chi connectivity index (χ1) is 23.8. The Hall–Kier alpha value is -5.82. The summed E-state index contributed by atoms with van der Waals surface area (Å²) in [6, 6.07) is 22.0. The lowest BCUT2D eigenvalue weighted by atomic mass is 10.1. The standard InChI is InChI=1S/C37H39N5O7S/c1-6-8-14-23-50(46,47)42-34(43)29-17-12-13-18-30(29)39-35(44)32(41-36(45)49-37(3,4)5)25-19-21-28(22-20-25)48-31-24-27(7-2)38-33(40-31)26-15-10-9-11-16-26/h6-7,9-13,15-22,24,32H,1-2,8,14,23H2,3-5H3,(H,39,44)(H,41,45)(H,42,43)/t32-/m0/s1. The molecule has 12 nitrogen and oxygen atoms in total. The zero-order chi connectivity index (χ0) is 36.3. The number of unbranched alkanes of at least 4 members (excludes halogenated alkanes) is 1. The van der Waals surface area contributed by atoms with Crippen molar-refractivity contribution in [2.75, 3.05) is 11.1 Å². The number of amides is 3.